The van der Waals surface area contributed by atoms with Gasteiger partial charge < -0.3 is 9.84 Å². The molecular weight excluding hydrogens is 430 g/mol. The molecule has 3 aromatic carbocycles. The molecule has 0 aliphatic carbocycles. The Hall–Kier alpha value is -4.46. The van der Waals surface area contributed by atoms with Crippen molar-refractivity contribution in [1.82, 2.24) is 19.7 Å². The maximum Gasteiger partial charge on any atom is 0.409 e. The molecule has 1 atom stereocenters. The smallest absolute Gasteiger partial charge is 0.409 e. The molecule has 8 heteroatoms. The normalized spacial score (nSPS) is 14.4. The number of nitrogens with zero attached hydrogens (tertiary/aromatic N) is 5. The highest BCUT2D eigenvalue weighted by molar-refractivity contribution is 6.15. The quantitative estimate of drug-likeness (QED) is 0.476. The Labute approximate surface area is 196 Å². The van der Waals surface area contributed by atoms with Crippen molar-refractivity contribution in [3.05, 3.63) is 107 Å². The van der Waals surface area contributed by atoms with E-state index >= 15 is 0 Å². The summed E-state index contributed by atoms with van der Waals surface area (Å²) in [6.45, 7) is 2.00. The first kappa shape index (κ1) is 21.4. The molecule has 0 spiro atoms. The fourth-order valence-corrected chi connectivity index (χ4v) is 4.21. The molecule has 34 heavy (non-hydrogen) atoms. The molecule has 2 heterocycles. The molecule has 1 N–H and O–H groups in total. The highest BCUT2D eigenvalue weighted by Crippen LogP contribution is 2.34. The maximum atomic E-state index is 12.5. The Bertz CT molecular complexity index is 1380. The average molecular weight is 454 g/mol. The first-order valence-corrected chi connectivity index (χ1v) is 10.8. The van der Waals surface area contributed by atoms with Gasteiger partial charge in [0.05, 0.1) is 25.1 Å². The van der Waals surface area contributed by atoms with Gasteiger partial charge in [-0.15, -0.1) is 10.2 Å². The lowest BCUT2D eigenvalue weighted by molar-refractivity contribution is 0.119. The summed E-state index contributed by atoms with van der Waals surface area (Å²) >= 11 is 0. The van der Waals surface area contributed by atoms with E-state index in [0.29, 0.717) is 23.1 Å². The molecule has 1 aliphatic rings. The van der Waals surface area contributed by atoms with Gasteiger partial charge in [0.15, 0.2) is 12.0 Å². The lowest BCUT2D eigenvalue weighted by atomic mass is 10.00. The van der Waals surface area contributed by atoms with Crippen LogP contribution in [0, 0.1) is 6.92 Å². The zero-order chi connectivity index (χ0) is 23.7. The summed E-state index contributed by atoms with van der Waals surface area (Å²) in [7, 11) is 1.61. The van der Waals surface area contributed by atoms with Gasteiger partial charge in [-0.25, -0.2) is 4.79 Å². The van der Waals surface area contributed by atoms with E-state index in [2.05, 4.69) is 10.2 Å². The number of hydrogen-bond acceptors (Lipinski definition) is 5. The Morgan fingerprint density at radius 1 is 1.03 bits per heavy atom. The number of fused-ring (bicyclic) bond motifs is 3. The van der Waals surface area contributed by atoms with Crippen LogP contribution in [0.3, 0.4) is 0 Å². The SMILES string of the molecule is COc1cccc(C2=NC(N(Cc3ccccc3)C(=O)O)c3nnc(C)n3-c3ccccc32)c1. The molecule has 0 radical (unpaired) electrons. The Morgan fingerprint density at radius 2 is 1.79 bits per heavy atom. The molecule has 4 aromatic rings. The molecule has 1 aromatic heterocycles. The monoisotopic (exact) mass is 453 g/mol. The van der Waals surface area contributed by atoms with E-state index in [0.717, 1.165) is 22.4 Å². The summed E-state index contributed by atoms with van der Waals surface area (Å²) in [5, 5.41) is 18.9. The van der Waals surface area contributed by atoms with E-state index in [1.807, 2.05) is 90.4 Å². The van der Waals surface area contributed by atoms with Crippen molar-refractivity contribution in [2.24, 2.45) is 4.99 Å². The Balaban J connectivity index is 1.75. The number of aryl methyl sites for hydroxylation is 1. The number of aromatic nitrogens is 3. The lowest BCUT2D eigenvalue weighted by Gasteiger charge is -2.26. The predicted octanol–water partition coefficient (Wildman–Crippen LogP) is 4.61. The zero-order valence-corrected chi connectivity index (χ0v) is 18.8. The molecule has 1 aliphatic heterocycles. The standard InChI is InChI=1S/C26H23N5O3/c1-17-28-29-25-24(30(26(32)33)16-18-9-4-3-5-10-18)27-23(19-11-8-12-20(15-19)34-2)21-13-6-7-14-22(21)31(17)25/h3-15,24H,16H2,1-2H3,(H,32,33). The summed E-state index contributed by atoms with van der Waals surface area (Å²) < 4.78 is 7.32. The van der Waals surface area contributed by atoms with E-state index in [1.54, 1.807) is 7.11 Å². The van der Waals surface area contributed by atoms with Crippen LogP contribution in [0.2, 0.25) is 0 Å². The number of benzene rings is 3. The van der Waals surface area contributed by atoms with Crippen molar-refractivity contribution < 1.29 is 14.6 Å². The number of hydrogen-bond donors (Lipinski definition) is 1. The zero-order valence-electron chi connectivity index (χ0n) is 18.8. The lowest BCUT2D eigenvalue weighted by Crippen LogP contribution is -2.34. The Kier molecular flexibility index (Phi) is 5.55. The third-order valence-electron chi connectivity index (χ3n) is 5.81. The second-order valence-electron chi connectivity index (χ2n) is 7.94. The van der Waals surface area contributed by atoms with Crippen molar-refractivity contribution >= 4 is 11.8 Å². The van der Waals surface area contributed by atoms with Crippen LogP contribution >= 0.6 is 0 Å². The van der Waals surface area contributed by atoms with Crippen molar-refractivity contribution in [3.8, 4) is 11.4 Å². The highest BCUT2D eigenvalue weighted by atomic mass is 16.5. The van der Waals surface area contributed by atoms with Crippen LogP contribution in [0.4, 0.5) is 4.79 Å². The molecule has 0 saturated heterocycles. The van der Waals surface area contributed by atoms with Crippen LogP contribution in [0.15, 0.2) is 83.9 Å². The summed E-state index contributed by atoms with van der Waals surface area (Å²) in [6, 6.07) is 24.9. The number of amides is 1. The molecule has 8 nitrogen and oxygen atoms in total. The molecule has 0 fully saturated rings. The summed E-state index contributed by atoms with van der Waals surface area (Å²) in [5.41, 5.74) is 4.02. The van der Waals surface area contributed by atoms with Gasteiger partial charge >= 0.3 is 6.09 Å². The van der Waals surface area contributed by atoms with E-state index < -0.39 is 12.3 Å². The van der Waals surface area contributed by atoms with Gasteiger partial charge in [0.1, 0.15) is 11.6 Å². The van der Waals surface area contributed by atoms with Crippen molar-refractivity contribution in [1.29, 1.82) is 0 Å². The summed E-state index contributed by atoms with van der Waals surface area (Å²) in [5.74, 6) is 1.79. The number of rotatable bonds is 5. The topological polar surface area (TPSA) is 92.8 Å². The first-order valence-electron chi connectivity index (χ1n) is 10.8. The minimum Gasteiger partial charge on any atom is -0.497 e. The fourth-order valence-electron chi connectivity index (χ4n) is 4.21. The van der Waals surface area contributed by atoms with Crippen molar-refractivity contribution in [2.75, 3.05) is 7.11 Å². The van der Waals surface area contributed by atoms with Crippen molar-refractivity contribution in [2.45, 2.75) is 19.6 Å². The van der Waals surface area contributed by atoms with E-state index in [1.165, 1.54) is 4.90 Å². The van der Waals surface area contributed by atoms with Crippen LogP contribution in [0.1, 0.15) is 34.5 Å². The molecule has 0 bridgehead atoms. The second-order valence-corrected chi connectivity index (χ2v) is 7.94. The summed E-state index contributed by atoms with van der Waals surface area (Å²) in [6.07, 6.45) is -2.01. The van der Waals surface area contributed by atoms with Gasteiger partial charge in [-0.3, -0.25) is 14.5 Å². The first-order chi connectivity index (χ1) is 16.6. The minimum absolute atomic E-state index is 0.151. The largest absolute Gasteiger partial charge is 0.497 e. The molecular formula is C26H23N5O3. The number of para-hydroxylation sites is 1. The van der Waals surface area contributed by atoms with Gasteiger partial charge in [0, 0.05) is 11.1 Å². The van der Waals surface area contributed by atoms with E-state index in [-0.39, 0.29) is 6.54 Å². The van der Waals surface area contributed by atoms with Gasteiger partial charge in [-0.1, -0.05) is 60.7 Å². The maximum absolute atomic E-state index is 12.5. The second kappa shape index (κ2) is 8.82. The average Bonchev–Trinajstić information content (AvgIpc) is 3.18. The third-order valence-corrected chi connectivity index (χ3v) is 5.81. The van der Waals surface area contributed by atoms with Crippen LogP contribution < -0.4 is 4.74 Å². The van der Waals surface area contributed by atoms with E-state index in [9.17, 15) is 9.90 Å². The molecule has 170 valence electrons. The number of methoxy groups -OCH3 is 1. The fraction of sp³-hybridized carbons (Fsp3) is 0.154. The molecule has 1 unspecified atom stereocenters. The number of carboxylic acid groups (broad SMARTS) is 1. The van der Waals surface area contributed by atoms with Crippen LogP contribution in [0.5, 0.6) is 5.75 Å². The molecule has 0 saturated carbocycles. The number of aliphatic imine (C=N–C) groups is 1. The van der Waals surface area contributed by atoms with Gasteiger partial charge in [0.25, 0.3) is 0 Å². The molecule has 5 rings (SSSR count). The van der Waals surface area contributed by atoms with Crippen LogP contribution in [-0.4, -0.2) is 43.7 Å². The number of ether oxygens (including phenoxy) is 1. The van der Waals surface area contributed by atoms with Crippen LogP contribution in [-0.2, 0) is 6.54 Å². The van der Waals surface area contributed by atoms with Gasteiger partial charge in [-0.05, 0) is 30.7 Å². The third kappa shape index (κ3) is 3.79. The highest BCUT2D eigenvalue weighted by Gasteiger charge is 2.34. The number of carbonyl (C=O) groups is 1. The van der Waals surface area contributed by atoms with Crippen LogP contribution in [0.25, 0.3) is 5.69 Å². The van der Waals surface area contributed by atoms with Crippen molar-refractivity contribution in [3.63, 3.8) is 0 Å². The van der Waals surface area contributed by atoms with E-state index in [4.69, 9.17) is 9.73 Å². The van der Waals surface area contributed by atoms with Gasteiger partial charge in [0.2, 0.25) is 0 Å². The Morgan fingerprint density at radius 3 is 2.56 bits per heavy atom. The van der Waals surface area contributed by atoms with Gasteiger partial charge in [-0.2, -0.15) is 0 Å². The molecule has 1 amide bonds. The summed E-state index contributed by atoms with van der Waals surface area (Å²) in [4.78, 5) is 18.8. The predicted molar refractivity (Wildman–Crippen MR) is 127 cm³/mol. The minimum atomic E-state index is -1.10.